The third-order valence-corrected chi connectivity index (χ3v) is 11.4. The summed E-state index contributed by atoms with van der Waals surface area (Å²) in [5.41, 5.74) is 9.99. The van der Waals surface area contributed by atoms with Crippen molar-refractivity contribution in [1.29, 1.82) is 0 Å². The van der Waals surface area contributed by atoms with Crippen molar-refractivity contribution in [1.82, 2.24) is 9.97 Å². The van der Waals surface area contributed by atoms with Crippen molar-refractivity contribution in [2.75, 3.05) is 0 Å². The number of aryl methyl sites for hydroxylation is 2. The number of fused-ring (bicyclic) bond motifs is 4. The molecule has 1 aliphatic rings. The molecule has 1 aliphatic carbocycles. The first kappa shape index (κ1) is 40.8. The van der Waals surface area contributed by atoms with Crippen molar-refractivity contribution in [2.24, 2.45) is 10.8 Å². The molecular weight excluding hydrogens is 817 g/mol. The zero-order chi connectivity index (χ0) is 37.0. The van der Waals surface area contributed by atoms with Crippen LogP contribution >= 0.6 is 0 Å². The molecule has 0 fully saturated rings. The number of pyridine rings is 2. The fourth-order valence-electron chi connectivity index (χ4n) is 6.72. The molecule has 0 unspecified atom stereocenters. The first-order valence-electron chi connectivity index (χ1n) is 18.7. The van der Waals surface area contributed by atoms with E-state index in [2.05, 4.69) is 99.6 Å². The number of benzene rings is 3. The monoisotopic (exact) mass is 872 g/mol. The minimum Gasteiger partial charge on any atom is -0.512 e. The smallest absolute Gasteiger partial charge is 0.164 e. The number of aliphatic hydroxyl groups excluding tert-OH is 1. The third kappa shape index (κ3) is 8.64. The summed E-state index contributed by atoms with van der Waals surface area (Å²) in [4.78, 5) is 22.0. The Morgan fingerprint density at radius 2 is 1.37 bits per heavy atom. The molecule has 0 saturated carbocycles. The molecule has 275 valence electrons. The Bertz CT molecular complexity index is 2030. The molecule has 0 spiro atoms. The molecule has 0 amide bonds. The molecule has 3 aromatic carbocycles. The van der Waals surface area contributed by atoms with Crippen LogP contribution in [0.15, 0.2) is 97.0 Å². The van der Waals surface area contributed by atoms with Gasteiger partial charge in [-0.15, -0.1) is 29.1 Å². The summed E-state index contributed by atoms with van der Waals surface area (Å²) < 4.78 is 0. The molecule has 4 nitrogen and oxygen atoms in total. The number of carbonyl (C=O) groups is 1. The van der Waals surface area contributed by atoms with E-state index in [-0.39, 0.29) is 47.9 Å². The summed E-state index contributed by atoms with van der Waals surface area (Å²) in [7, 11) is 0. The van der Waals surface area contributed by atoms with E-state index < -0.39 is 0 Å². The van der Waals surface area contributed by atoms with Crippen molar-refractivity contribution < 1.29 is 30.0 Å². The van der Waals surface area contributed by atoms with E-state index in [0.29, 0.717) is 0 Å². The van der Waals surface area contributed by atoms with Crippen LogP contribution < -0.4 is 0 Å². The van der Waals surface area contributed by atoms with Crippen molar-refractivity contribution >= 4 is 16.6 Å². The summed E-state index contributed by atoms with van der Waals surface area (Å²) in [5.74, 6) is 0.286. The maximum Gasteiger partial charge on any atom is 0.164 e. The number of hydrogen-bond donors (Lipinski definition) is 1. The number of allylic oxidation sites excluding steroid dienone is 2. The standard InChI is InChI=1S/C32H27N2.C15H28O2.Ir/c1-32(2,3)29-17-25(15-22-11-7-8-12-27(22)29)30-18-28-24(19-33-30)14-13-23-16-26(20-34-31(23)28)21-9-5-4-6-10-21;1-7-14(5,8-2)12(16)11-13(17)15(6,9-3)10-4;/h4-12,16-20H,13-14H2,1-3H3;11,16H,7-10H2,1-6H3;/q-1;;/b;12-11-;. The Hall–Kier alpha value is -3.92. The van der Waals surface area contributed by atoms with Gasteiger partial charge in [-0.2, -0.15) is 0 Å². The van der Waals surface area contributed by atoms with Crippen LogP contribution in [0, 0.1) is 16.9 Å². The molecule has 1 N–H and O–H groups in total. The quantitative estimate of drug-likeness (QED) is 0.0910. The topological polar surface area (TPSA) is 63.1 Å². The van der Waals surface area contributed by atoms with E-state index in [1.54, 1.807) is 0 Å². The van der Waals surface area contributed by atoms with Crippen molar-refractivity contribution in [3.63, 3.8) is 0 Å². The van der Waals surface area contributed by atoms with Crippen LogP contribution in [-0.4, -0.2) is 20.9 Å². The summed E-state index contributed by atoms with van der Waals surface area (Å²) in [6, 6.07) is 29.5. The van der Waals surface area contributed by atoms with Gasteiger partial charge in [-0.1, -0.05) is 128 Å². The second kappa shape index (κ2) is 16.8. The largest absolute Gasteiger partial charge is 0.512 e. The molecule has 5 aromatic rings. The SMILES string of the molecule is CC(C)(C)c1cc(-c2cc3c(cn2)CCc2cc(-c4ccccc4)cnc2-3)[c-]c2ccccc12.CCC(C)(CC)C(=O)/C=C(\O)C(C)(CC)CC.[Ir]. The second-order valence-corrected chi connectivity index (χ2v) is 15.6. The zero-order valence-corrected chi connectivity index (χ0v) is 34.9. The Balaban J connectivity index is 0.000000289. The van der Waals surface area contributed by atoms with Gasteiger partial charge < -0.3 is 5.11 Å². The number of rotatable bonds is 9. The molecular formula is C47H55IrN2O2-. The summed E-state index contributed by atoms with van der Waals surface area (Å²) in [6.07, 6.45) is 10.8. The predicted octanol–water partition coefficient (Wildman–Crippen LogP) is 12.5. The number of carbonyl (C=O) groups excluding carboxylic acids is 1. The van der Waals surface area contributed by atoms with Crippen LogP contribution in [0.5, 0.6) is 0 Å². The minimum atomic E-state index is -0.337. The molecule has 5 heteroatoms. The van der Waals surface area contributed by atoms with Crippen LogP contribution in [-0.2, 0) is 43.2 Å². The normalized spacial score (nSPS) is 13.0. The van der Waals surface area contributed by atoms with E-state index >= 15 is 0 Å². The van der Waals surface area contributed by atoms with Gasteiger partial charge in [-0.05, 0) is 72.3 Å². The molecule has 0 atom stereocenters. The van der Waals surface area contributed by atoms with Crippen molar-refractivity contribution in [3.05, 3.63) is 120 Å². The molecule has 1 radical (unpaired) electrons. The fourth-order valence-corrected chi connectivity index (χ4v) is 6.72. The van der Waals surface area contributed by atoms with Crippen molar-refractivity contribution in [3.8, 4) is 33.6 Å². The Labute approximate surface area is 325 Å². The molecule has 0 bridgehead atoms. The number of nitrogens with zero attached hydrogens (tertiary/aromatic N) is 2. The molecule has 52 heavy (non-hydrogen) atoms. The third-order valence-electron chi connectivity index (χ3n) is 11.4. The fraction of sp³-hybridized carbons (Fsp3) is 0.383. The number of aliphatic hydroxyl groups is 1. The van der Waals surface area contributed by atoms with E-state index in [1.165, 1.54) is 44.8 Å². The van der Waals surface area contributed by atoms with E-state index in [9.17, 15) is 9.90 Å². The number of hydrogen-bond acceptors (Lipinski definition) is 4. The molecule has 0 saturated heterocycles. The second-order valence-electron chi connectivity index (χ2n) is 15.6. The van der Waals surface area contributed by atoms with Crippen LogP contribution in [0.4, 0.5) is 0 Å². The van der Waals surface area contributed by atoms with Gasteiger partial charge in [-0.3, -0.25) is 14.8 Å². The average Bonchev–Trinajstić information content (AvgIpc) is 3.16. The van der Waals surface area contributed by atoms with Crippen LogP contribution in [0.1, 0.15) is 105 Å². The van der Waals surface area contributed by atoms with Crippen LogP contribution in [0.25, 0.3) is 44.4 Å². The first-order chi connectivity index (χ1) is 24.3. The van der Waals surface area contributed by atoms with Crippen LogP contribution in [0.2, 0.25) is 0 Å². The first-order valence-corrected chi connectivity index (χ1v) is 18.7. The van der Waals surface area contributed by atoms with E-state index in [1.807, 2.05) is 53.9 Å². The molecule has 2 heterocycles. The van der Waals surface area contributed by atoms with Crippen molar-refractivity contribution in [2.45, 2.75) is 106 Å². The summed E-state index contributed by atoms with van der Waals surface area (Å²) >= 11 is 0. The van der Waals surface area contributed by atoms with Gasteiger partial charge in [0.25, 0.3) is 0 Å². The zero-order valence-electron chi connectivity index (χ0n) is 32.5. The Kier molecular flexibility index (Phi) is 13.2. The van der Waals surface area contributed by atoms with Gasteiger partial charge >= 0.3 is 0 Å². The van der Waals surface area contributed by atoms with E-state index in [4.69, 9.17) is 9.97 Å². The number of ketones is 1. The average molecular weight is 872 g/mol. The summed E-state index contributed by atoms with van der Waals surface area (Å²) in [5, 5.41) is 12.5. The molecule has 0 aliphatic heterocycles. The van der Waals surface area contributed by atoms with Gasteiger partial charge in [-0.25, -0.2) is 0 Å². The minimum absolute atomic E-state index is 0. The van der Waals surface area contributed by atoms with Gasteiger partial charge in [0.2, 0.25) is 0 Å². The Morgan fingerprint density at radius 3 is 2.00 bits per heavy atom. The van der Waals surface area contributed by atoms with E-state index in [0.717, 1.165) is 60.9 Å². The molecule has 6 rings (SSSR count). The van der Waals surface area contributed by atoms with Crippen LogP contribution in [0.3, 0.4) is 0 Å². The van der Waals surface area contributed by atoms with Gasteiger partial charge in [0, 0.05) is 60.7 Å². The number of aromatic nitrogens is 2. The molecule has 2 aromatic heterocycles. The van der Waals surface area contributed by atoms with Gasteiger partial charge in [0.1, 0.15) is 5.76 Å². The summed E-state index contributed by atoms with van der Waals surface area (Å²) in [6.45, 7) is 18.9. The Morgan fingerprint density at radius 1 is 0.750 bits per heavy atom. The predicted molar refractivity (Wildman–Crippen MR) is 214 cm³/mol. The maximum absolute atomic E-state index is 12.2. The van der Waals surface area contributed by atoms with Gasteiger partial charge in [0.05, 0.1) is 5.69 Å². The maximum atomic E-state index is 12.2. The van der Waals surface area contributed by atoms with Gasteiger partial charge in [0.15, 0.2) is 5.78 Å².